The zero-order chi connectivity index (χ0) is 22.2. The number of hydrogen-bond donors (Lipinski definition) is 0. The van der Waals surface area contributed by atoms with Crippen molar-refractivity contribution in [2.45, 2.75) is 13.3 Å². The van der Waals surface area contributed by atoms with Crippen LogP contribution in [0.15, 0.2) is 48.5 Å². The summed E-state index contributed by atoms with van der Waals surface area (Å²) in [5, 5.41) is 0.597. The van der Waals surface area contributed by atoms with Gasteiger partial charge in [0, 0.05) is 42.8 Å². The summed E-state index contributed by atoms with van der Waals surface area (Å²) < 4.78 is 11.0. The second-order valence-electron chi connectivity index (χ2n) is 7.22. The van der Waals surface area contributed by atoms with E-state index in [1.54, 1.807) is 53.3 Å². The summed E-state index contributed by atoms with van der Waals surface area (Å²) in [6, 6.07) is 12.4. The molecule has 2 aromatic rings. The van der Waals surface area contributed by atoms with Gasteiger partial charge >= 0.3 is 0 Å². The number of carbonyl (C=O) groups is 2. The maximum absolute atomic E-state index is 12.6. The molecule has 164 valence electrons. The van der Waals surface area contributed by atoms with Crippen LogP contribution in [-0.2, 0) is 4.79 Å². The Labute approximate surface area is 188 Å². The SMILES string of the molecule is CCCOc1ccc(/C=C/C(=O)N2CCN(C(=O)c3ccc(Cl)cc3)CC2)cc1OC. The van der Waals surface area contributed by atoms with E-state index in [2.05, 4.69) is 0 Å². The number of halogens is 1. The van der Waals surface area contributed by atoms with Crippen LogP contribution in [0.25, 0.3) is 6.08 Å². The van der Waals surface area contributed by atoms with Gasteiger partial charge in [-0.3, -0.25) is 9.59 Å². The molecule has 3 rings (SSSR count). The van der Waals surface area contributed by atoms with E-state index in [9.17, 15) is 9.59 Å². The average molecular weight is 443 g/mol. The second kappa shape index (κ2) is 10.9. The summed E-state index contributed by atoms with van der Waals surface area (Å²) in [4.78, 5) is 28.7. The van der Waals surface area contributed by atoms with E-state index in [4.69, 9.17) is 21.1 Å². The molecule has 2 amide bonds. The lowest BCUT2D eigenvalue weighted by molar-refractivity contribution is -0.127. The molecule has 6 nitrogen and oxygen atoms in total. The van der Waals surface area contributed by atoms with Crippen LogP contribution in [0.3, 0.4) is 0 Å². The van der Waals surface area contributed by atoms with Crippen LogP contribution in [0.4, 0.5) is 0 Å². The van der Waals surface area contributed by atoms with E-state index in [-0.39, 0.29) is 11.8 Å². The van der Waals surface area contributed by atoms with Crippen molar-refractivity contribution in [1.29, 1.82) is 0 Å². The molecule has 0 atom stereocenters. The molecule has 0 unspecified atom stereocenters. The van der Waals surface area contributed by atoms with Crippen LogP contribution in [0.1, 0.15) is 29.3 Å². The average Bonchev–Trinajstić information content (AvgIpc) is 2.81. The number of benzene rings is 2. The van der Waals surface area contributed by atoms with Gasteiger partial charge in [0.15, 0.2) is 11.5 Å². The minimum absolute atomic E-state index is 0.0446. The third kappa shape index (κ3) is 6.01. The molecule has 0 aliphatic carbocycles. The Morgan fingerprint density at radius 1 is 1.00 bits per heavy atom. The van der Waals surface area contributed by atoms with E-state index in [0.717, 1.165) is 12.0 Å². The Balaban J connectivity index is 1.55. The molecule has 1 aliphatic heterocycles. The van der Waals surface area contributed by atoms with Crippen LogP contribution in [0.2, 0.25) is 5.02 Å². The van der Waals surface area contributed by atoms with E-state index in [0.29, 0.717) is 54.9 Å². The molecule has 2 aromatic carbocycles. The molecule has 31 heavy (non-hydrogen) atoms. The standard InChI is InChI=1S/C24H27ClN2O4/c1-3-16-31-21-10-4-18(17-22(21)30-2)5-11-23(28)26-12-14-27(15-13-26)24(29)19-6-8-20(25)9-7-19/h4-11,17H,3,12-16H2,1-2H3/b11-5+. The maximum atomic E-state index is 12.6. The lowest BCUT2D eigenvalue weighted by Gasteiger charge is -2.34. The van der Waals surface area contributed by atoms with Crippen LogP contribution in [-0.4, -0.2) is 61.5 Å². The van der Waals surface area contributed by atoms with Gasteiger partial charge in [0.2, 0.25) is 5.91 Å². The van der Waals surface area contributed by atoms with Gasteiger partial charge in [-0.2, -0.15) is 0 Å². The van der Waals surface area contributed by atoms with E-state index >= 15 is 0 Å². The fraction of sp³-hybridized carbons (Fsp3) is 0.333. The molecule has 1 saturated heterocycles. The summed E-state index contributed by atoms with van der Waals surface area (Å²) in [7, 11) is 1.59. The van der Waals surface area contributed by atoms with Crippen LogP contribution >= 0.6 is 11.6 Å². The molecule has 0 radical (unpaired) electrons. The Kier molecular flexibility index (Phi) is 7.95. The zero-order valence-corrected chi connectivity index (χ0v) is 18.6. The highest BCUT2D eigenvalue weighted by Crippen LogP contribution is 2.28. The molecular weight excluding hydrogens is 416 g/mol. The summed E-state index contributed by atoms with van der Waals surface area (Å²) in [6.45, 7) is 4.65. The minimum atomic E-state index is -0.0798. The molecule has 0 spiro atoms. The maximum Gasteiger partial charge on any atom is 0.253 e. The first-order valence-electron chi connectivity index (χ1n) is 10.3. The van der Waals surface area contributed by atoms with Gasteiger partial charge in [-0.15, -0.1) is 0 Å². The Hall–Kier alpha value is -2.99. The van der Waals surface area contributed by atoms with Crippen molar-refractivity contribution in [2.24, 2.45) is 0 Å². The first-order chi connectivity index (χ1) is 15.0. The minimum Gasteiger partial charge on any atom is -0.493 e. The Bertz CT molecular complexity index is 935. The van der Waals surface area contributed by atoms with Crippen molar-refractivity contribution >= 4 is 29.5 Å². The summed E-state index contributed by atoms with van der Waals surface area (Å²) in [5.74, 6) is 1.20. The van der Waals surface area contributed by atoms with E-state index in [1.807, 2.05) is 25.1 Å². The largest absolute Gasteiger partial charge is 0.493 e. The number of hydrogen-bond acceptors (Lipinski definition) is 4. The van der Waals surface area contributed by atoms with E-state index in [1.165, 1.54) is 0 Å². The van der Waals surface area contributed by atoms with Crippen molar-refractivity contribution in [3.8, 4) is 11.5 Å². The van der Waals surface area contributed by atoms with Crippen molar-refractivity contribution in [3.05, 3.63) is 64.7 Å². The van der Waals surface area contributed by atoms with Crippen molar-refractivity contribution in [1.82, 2.24) is 9.80 Å². The quantitative estimate of drug-likeness (QED) is 0.605. The zero-order valence-electron chi connectivity index (χ0n) is 17.8. The van der Waals surface area contributed by atoms with Gasteiger partial charge in [-0.1, -0.05) is 24.6 Å². The van der Waals surface area contributed by atoms with Crippen molar-refractivity contribution in [3.63, 3.8) is 0 Å². The number of carbonyl (C=O) groups excluding carboxylic acids is 2. The fourth-order valence-electron chi connectivity index (χ4n) is 3.30. The number of rotatable bonds is 7. The molecule has 0 saturated carbocycles. The highest BCUT2D eigenvalue weighted by molar-refractivity contribution is 6.30. The molecule has 7 heteroatoms. The Morgan fingerprint density at radius 2 is 1.68 bits per heavy atom. The van der Waals surface area contributed by atoms with E-state index < -0.39 is 0 Å². The first kappa shape index (κ1) is 22.7. The molecule has 0 bridgehead atoms. The van der Waals surface area contributed by atoms with Crippen LogP contribution < -0.4 is 9.47 Å². The normalized spacial score (nSPS) is 14.0. The summed E-state index contributed by atoms with van der Waals surface area (Å²) in [6.07, 6.45) is 4.23. The van der Waals surface area contributed by atoms with Crippen molar-refractivity contribution < 1.29 is 19.1 Å². The molecular formula is C24H27ClN2O4. The number of ether oxygens (including phenoxy) is 2. The third-order valence-corrected chi connectivity index (χ3v) is 5.29. The third-order valence-electron chi connectivity index (χ3n) is 5.04. The molecule has 1 fully saturated rings. The van der Waals surface area contributed by atoms with Gasteiger partial charge < -0.3 is 19.3 Å². The Morgan fingerprint density at radius 3 is 2.32 bits per heavy atom. The van der Waals surface area contributed by atoms with Gasteiger partial charge in [-0.05, 0) is 54.5 Å². The number of nitrogens with zero attached hydrogens (tertiary/aromatic N) is 2. The molecule has 1 aliphatic rings. The van der Waals surface area contributed by atoms with Gasteiger partial charge in [0.05, 0.1) is 13.7 Å². The van der Waals surface area contributed by atoms with Crippen LogP contribution in [0, 0.1) is 0 Å². The molecule has 0 N–H and O–H groups in total. The predicted octanol–water partition coefficient (Wildman–Crippen LogP) is 4.14. The highest BCUT2D eigenvalue weighted by Gasteiger charge is 2.23. The van der Waals surface area contributed by atoms with Gasteiger partial charge in [-0.25, -0.2) is 0 Å². The second-order valence-corrected chi connectivity index (χ2v) is 7.65. The molecule has 1 heterocycles. The van der Waals surface area contributed by atoms with Crippen molar-refractivity contribution in [2.75, 3.05) is 39.9 Å². The first-order valence-corrected chi connectivity index (χ1v) is 10.7. The van der Waals surface area contributed by atoms with Gasteiger partial charge in [0.25, 0.3) is 5.91 Å². The topological polar surface area (TPSA) is 59.1 Å². The number of methoxy groups -OCH3 is 1. The van der Waals surface area contributed by atoms with Gasteiger partial charge in [0.1, 0.15) is 0 Å². The number of piperazine rings is 1. The lowest BCUT2D eigenvalue weighted by Crippen LogP contribution is -2.50. The summed E-state index contributed by atoms with van der Waals surface area (Å²) >= 11 is 5.89. The lowest BCUT2D eigenvalue weighted by atomic mass is 10.1. The summed E-state index contributed by atoms with van der Waals surface area (Å²) in [5.41, 5.74) is 1.45. The van der Waals surface area contributed by atoms with Crippen LogP contribution in [0.5, 0.6) is 11.5 Å². The number of amides is 2. The predicted molar refractivity (Wildman–Crippen MR) is 122 cm³/mol. The monoisotopic (exact) mass is 442 g/mol. The molecule has 0 aromatic heterocycles. The smallest absolute Gasteiger partial charge is 0.253 e. The fourth-order valence-corrected chi connectivity index (χ4v) is 3.42. The highest BCUT2D eigenvalue weighted by atomic mass is 35.5.